The van der Waals surface area contributed by atoms with Crippen LogP contribution >= 0.6 is 0 Å². The largest absolute Gasteiger partial charge is 0.481 e. The van der Waals surface area contributed by atoms with Gasteiger partial charge in [-0.15, -0.1) is 0 Å². The second-order valence-electron chi connectivity index (χ2n) is 3.32. The average molecular weight is 244 g/mol. The molecule has 0 amide bonds. The minimum absolute atomic E-state index is 0.440. The normalized spacial score (nSPS) is 11.9. The standard InChI is InChI=1S/C11H10F2O4/c1-17-11(16)7(10(14)15)5-6-8(12)3-2-4-9(6)13/h2-4,7H,5H2,1H3,(H,14,15). The summed E-state index contributed by atoms with van der Waals surface area (Å²) in [4.78, 5) is 21.9. The summed E-state index contributed by atoms with van der Waals surface area (Å²) >= 11 is 0. The van der Waals surface area contributed by atoms with Crippen LogP contribution < -0.4 is 0 Å². The van der Waals surface area contributed by atoms with Crippen molar-refractivity contribution >= 4 is 11.9 Å². The van der Waals surface area contributed by atoms with E-state index >= 15 is 0 Å². The molecule has 1 atom stereocenters. The zero-order chi connectivity index (χ0) is 13.0. The fraction of sp³-hybridized carbons (Fsp3) is 0.273. The molecule has 0 saturated carbocycles. The summed E-state index contributed by atoms with van der Waals surface area (Å²) in [6.45, 7) is 0. The Kier molecular flexibility index (Phi) is 4.14. The number of benzene rings is 1. The van der Waals surface area contributed by atoms with E-state index in [-0.39, 0.29) is 0 Å². The van der Waals surface area contributed by atoms with Gasteiger partial charge in [-0.25, -0.2) is 8.78 Å². The maximum atomic E-state index is 13.3. The Hall–Kier alpha value is -1.98. The van der Waals surface area contributed by atoms with Crippen LogP contribution in [0.15, 0.2) is 18.2 Å². The molecule has 1 rings (SSSR count). The fourth-order valence-corrected chi connectivity index (χ4v) is 1.35. The van der Waals surface area contributed by atoms with Crippen molar-refractivity contribution in [1.82, 2.24) is 0 Å². The summed E-state index contributed by atoms with van der Waals surface area (Å²) in [6.07, 6.45) is -0.583. The van der Waals surface area contributed by atoms with E-state index in [2.05, 4.69) is 4.74 Å². The molecular formula is C11H10F2O4. The monoisotopic (exact) mass is 244 g/mol. The molecule has 4 nitrogen and oxygen atoms in total. The van der Waals surface area contributed by atoms with Gasteiger partial charge in [0.2, 0.25) is 0 Å². The second kappa shape index (κ2) is 5.38. The van der Waals surface area contributed by atoms with E-state index in [1.54, 1.807) is 0 Å². The van der Waals surface area contributed by atoms with Gasteiger partial charge < -0.3 is 9.84 Å². The lowest BCUT2D eigenvalue weighted by Crippen LogP contribution is -2.27. The summed E-state index contributed by atoms with van der Waals surface area (Å²) in [5.41, 5.74) is -0.440. The maximum Gasteiger partial charge on any atom is 0.320 e. The number of hydrogen-bond acceptors (Lipinski definition) is 3. The van der Waals surface area contributed by atoms with Crippen molar-refractivity contribution in [2.75, 3.05) is 7.11 Å². The van der Waals surface area contributed by atoms with E-state index in [1.807, 2.05) is 0 Å². The lowest BCUT2D eigenvalue weighted by Gasteiger charge is -2.11. The number of ether oxygens (including phenoxy) is 1. The van der Waals surface area contributed by atoms with Crippen LogP contribution in [-0.2, 0) is 20.7 Å². The number of carbonyl (C=O) groups is 2. The molecule has 0 aliphatic heterocycles. The summed E-state index contributed by atoms with van der Waals surface area (Å²) in [5, 5.41) is 8.77. The Labute approximate surface area is 95.8 Å². The predicted octanol–water partition coefficient (Wildman–Crippen LogP) is 1.38. The van der Waals surface area contributed by atoms with Gasteiger partial charge in [0.25, 0.3) is 0 Å². The van der Waals surface area contributed by atoms with Crippen LogP contribution in [0.2, 0.25) is 0 Å². The van der Waals surface area contributed by atoms with E-state index in [0.29, 0.717) is 0 Å². The first-order valence-electron chi connectivity index (χ1n) is 4.71. The number of methoxy groups -OCH3 is 1. The molecule has 0 spiro atoms. The van der Waals surface area contributed by atoms with Crippen LogP contribution in [0.5, 0.6) is 0 Å². The lowest BCUT2D eigenvalue weighted by atomic mass is 9.98. The Morgan fingerprint density at radius 2 is 1.88 bits per heavy atom. The molecule has 6 heteroatoms. The molecule has 92 valence electrons. The third-order valence-corrected chi connectivity index (χ3v) is 2.25. The number of carboxylic acids is 1. The highest BCUT2D eigenvalue weighted by molar-refractivity contribution is 5.94. The minimum atomic E-state index is -1.62. The number of aliphatic carboxylic acids is 1. The molecule has 0 aromatic heterocycles. The molecule has 0 bridgehead atoms. The number of rotatable bonds is 4. The molecule has 1 unspecified atom stereocenters. The van der Waals surface area contributed by atoms with Crippen LogP contribution in [0.4, 0.5) is 8.78 Å². The Morgan fingerprint density at radius 3 is 2.29 bits per heavy atom. The summed E-state index contributed by atoms with van der Waals surface area (Å²) in [6, 6.07) is 3.14. The highest BCUT2D eigenvalue weighted by Gasteiger charge is 2.29. The van der Waals surface area contributed by atoms with Gasteiger partial charge in [0, 0.05) is 12.0 Å². The van der Waals surface area contributed by atoms with E-state index in [9.17, 15) is 18.4 Å². The van der Waals surface area contributed by atoms with E-state index in [0.717, 1.165) is 25.3 Å². The second-order valence-corrected chi connectivity index (χ2v) is 3.32. The maximum absolute atomic E-state index is 13.3. The molecule has 1 aromatic carbocycles. The van der Waals surface area contributed by atoms with Crippen molar-refractivity contribution in [3.8, 4) is 0 Å². The van der Waals surface area contributed by atoms with Gasteiger partial charge in [0.1, 0.15) is 11.6 Å². The molecule has 0 heterocycles. The van der Waals surface area contributed by atoms with E-state index < -0.39 is 41.5 Å². The Morgan fingerprint density at radius 1 is 1.35 bits per heavy atom. The fourth-order valence-electron chi connectivity index (χ4n) is 1.35. The van der Waals surface area contributed by atoms with Crippen LogP contribution in [0, 0.1) is 17.6 Å². The molecule has 0 aliphatic rings. The van der Waals surface area contributed by atoms with Crippen LogP contribution in [0.25, 0.3) is 0 Å². The van der Waals surface area contributed by atoms with Gasteiger partial charge >= 0.3 is 11.9 Å². The van der Waals surface area contributed by atoms with Crippen molar-refractivity contribution in [2.24, 2.45) is 5.92 Å². The van der Waals surface area contributed by atoms with Crippen LogP contribution in [0.3, 0.4) is 0 Å². The first kappa shape index (κ1) is 13.1. The Balaban J connectivity index is 3.02. The average Bonchev–Trinajstić information content (AvgIpc) is 2.27. The molecular weight excluding hydrogens is 234 g/mol. The third kappa shape index (κ3) is 2.99. The van der Waals surface area contributed by atoms with Crippen molar-refractivity contribution < 1.29 is 28.2 Å². The summed E-state index contributed by atoms with van der Waals surface area (Å²) in [5.74, 6) is -5.92. The molecule has 1 N–H and O–H groups in total. The highest BCUT2D eigenvalue weighted by atomic mass is 19.1. The van der Waals surface area contributed by atoms with Crippen molar-refractivity contribution in [3.05, 3.63) is 35.4 Å². The third-order valence-electron chi connectivity index (χ3n) is 2.25. The molecule has 17 heavy (non-hydrogen) atoms. The zero-order valence-corrected chi connectivity index (χ0v) is 8.94. The zero-order valence-electron chi connectivity index (χ0n) is 8.94. The van der Waals surface area contributed by atoms with Gasteiger partial charge in [-0.05, 0) is 12.1 Å². The van der Waals surface area contributed by atoms with Gasteiger partial charge in [-0.2, -0.15) is 0 Å². The number of hydrogen-bond donors (Lipinski definition) is 1. The summed E-state index contributed by atoms with van der Waals surface area (Å²) < 4.78 is 30.8. The quantitative estimate of drug-likeness (QED) is 0.642. The highest BCUT2D eigenvalue weighted by Crippen LogP contribution is 2.17. The predicted molar refractivity (Wildman–Crippen MR) is 53.2 cm³/mol. The van der Waals surface area contributed by atoms with Crippen LogP contribution in [0.1, 0.15) is 5.56 Å². The molecule has 0 saturated heterocycles. The van der Waals surface area contributed by atoms with Crippen molar-refractivity contribution in [2.45, 2.75) is 6.42 Å². The smallest absolute Gasteiger partial charge is 0.320 e. The molecule has 1 aromatic rings. The van der Waals surface area contributed by atoms with Gasteiger partial charge in [-0.1, -0.05) is 6.07 Å². The first-order valence-corrected chi connectivity index (χ1v) is 4.71. The summed E-state index contributed by atoms with van der Waals surface area (Å²) in [7, 11) is 1.01. The van der Waals surface area contributed by atoms with Gasteiger partial charge in [0.05, 0.1) is 7.11 Å². The molecule has 0 aliphatic carbocycles. The number of carboxylic acid groups (broad SMARTS) is 1. The number of halogens is 2. The topological polar surface area (TPSA) is 63.6 Å². The van der Waals surface area contributed by atoms with Crippen molar-refractivity contribution in [3.63, 3.8) is 0 Å². The SMILES string of the molecule is COC(=O)C(Cc1c(F)cccc1F)C(=O)O. The Bertz CT molecular complexity index is 425. The molecule has 0 fully saturated rings. The van der Waals surface area contributed by atoms with E-state index in [1.165, 1.54) is 0 Å². The minimum Gasteiger partial charge on any atom is -0.481 e. The van der Waals surface area contributed by atoms with E-state index in [4.69, 9.17) is 5.11 Å². The number of esters is 1. The van der Waals surface area contributed by atoms with Gasteiger partial charge in [0.15, 0.2) is 5.92 Å². The van der Waals surface area contributed by atoms with Gasteiger partial charge in [-0.3, -0.25) is 9.59 Å². The molecule has 0 radical (unpaired) electrons. The number of carbonyl (C=O) groups excluding carboxylic acids is 1. The van der Waals surface area contributed by atoms with Crippen molar-refractivity contribution in [1.29, 1.82) is 0 Å². The van der Waals surface area contributed by atoms with Crippen LogP contribution in [-0.4, -0.2) is 24.2 Å². The first-order chi connectivity index (χ1) is 7.97. The lowest BCUT2D eigenvalue weighted by molar-refractivity contribution is -0.156.